The van der Waals surface area contributed by atoms with Crippen molar-refractivity contribution in [3.8, 4) is 0 Å². The van der Waals surface area contributed by atoms with E-state index in [0.29, 0.717) is 5.57 Å². The fraction of sp³-hybridized carbons (Fsp3) is 0.278. The lowest BCUT2D eigenvalue weighted by atomic mass is 10.1. The summed E-state index contributed by atoms with van der Waals surface area (Å²) in [7, 11) is 0. The topological polar surface area (TPSA) is 40.1 Å². The number of aryl methyl sites for hydroxylation is 1. The van der Waals surface area contributed by atoms with Gasteiger partial charge in [0.15, 0.2) is 0 Å². The van der Waals surface area contributed by atoms with Gasteiger partial charge in [-0.15, -0.1) is 23.1 Å². The van der Waals surface area contributed by atoms with Gasteiger partial charge in [0.1, 0.15) is 0 Å². The maximum absolute atomic E-state index is 10.4. The van der Waals surface area contributed by atoms with E-state index in [0.717, 1.165) is 11.6 Å². The Hall–Kier alpha value is -1.52. The Morgan fingerprint density at radius 3 is 2.41 bits per heavy atom. The Bertz CT molecular complexity index is 659. The summed E-state index contributed by atoms with van der Waals surface area (Å²) in [6.45, 7) is 8.05. The number of carbonyl (C=O) groups excluding carboxylic acids is 1. The first-order valence-corrected chi connectivity index (χ1v) is 8.95. The second kappa shape index (κ2) is 8.81. The Morgan fingerprint density at radius 1 is 1.18 bits per heavy atom. The zero-order valence-electron chi connectivity index (χ0n) is 13.6. The number of aliphatic carboxylic acids is 1. The predicted octanol–water partition coefficient (Wildman–Crippen LogP) is 4.30. The number of thiophene rings is 1. The smallest absolute Gasteiger partial charge is 0.0645 e. The number of carboxylic acid groups (broad SMARTS) is 1. The van der Waals surface area contributed by atoms with Crippen LogP contribution >= 0.6 is 23.1 Å². The lowest BCUT2D eigenvalue weighted by molar-refractivity contribution is -0.297. The van der Waals surface area contributed by atoms with Crippen LogP contribution in [0.4, 0.5) is 0 Å². The van der Waals surface area contributed by atoms with Crippen molar-refractivity contribution in [1.29, 1.82) is 0 Å². The summed E-state index contributed by atoms with van der Waals surface area (Å²) in [5.74, 6) is -1.17. The average molecular weight is 333 g/mol. The number of rotatable bonds is 6. The molecule has 0 N–H and O–H groups in total. The molecule has 0 unspecified atom stereocenters. The molecule has 22 heavy (non-hydrogen) atoms. The highest BCUT2D eigenvalue weighted by atomic mass is 32.2. The molecule has 0 atom stereocenters. The molecule has 0 aliphatic heterocycles. The van der Waals surface area contributed by atoms with Crippen LogP contribution in [0.5, 0.6) is 0 Å². The van der Waals surface area contributed by atoms with Crippen molar-refractivity contribution >= 4 is 35.1 Å². The van der Waals surface area contributed by atoms with E-state index in [2.05, 4.69) is 32.3 Å². The minimum Gasteiger partial charge on any atom is -0.545 e. The third kappa shape index (κ3) is 5.70. The van der Waals surface area contributed by atoms with E-state index in [4.69, 9.17) is 0 Å². The molecule has 0 bridgehead atoms. The van der Waals surface area contributed by atoms with Crippen LogP contribution in [-0.4, -0.2) is 12.2 Å². The molecule has 0 aliphatic carbocycles. The summed E-state index contributed by atoms with van der Waals surface area (Å²) in [6.07, 6.45) is 12.9. The Balaban J connectivity index is 2.82. The van der Waals surface area contributed by atoms with E-state index in [1.165, 1.54) is 20.2 Å². The molecule has 1 aromatic rings. The van der Waals surface area contributed by atoms with Crippen LogP contribution < -0.4 is 5.11 Å². The molecule has 4 heteroatoms. The van der Waals surface area contributed by atoms with Gasteiger partial charge in [0.05, 0.1) is 10.2 Å². The minimum atomic E-state index is -1.17. The van der Waals surface area contributed by atoms with Crippen molar-refractivity contribution < 1.29 is 9.90 Å². The number of hydrogen-bond donors (Lipinski definition) is 0. The van der Waals surface area contributed by atoms with Crippen molar-refractivity contribution in [2.24, 2.45) is 0 Å². The second-order valence-corrected chi connectivity index (χ2v) is 7.30. The van der Waals surface area contributed by atoms with E-state index in [1.54, 1.807) is 24.8 Å². The van der Waals surface area contributed by atoms with Gasteiger partial charge in [-0.2, -0.15) is 0 Å². The van der Waals surface area contributed by atoms with Gasteiger partial charge in [0.2, 0.25) is 0 Å². The lowest BCUT2D eigenvalue weighted by Gasteiger charge is -1.96. The minimum absolute atomic E-state index is 0.655. The maximum atomic E-state index is 10.4. The molecule has 2 nitrogen and oxygen atoms in total. The molecule has 0 fully saturated rings. The van der Waals surface area contributed by atoms with Crippen LogP contribution in [0.1, 0.15) is 29.9 Å². The molecular formula is C18H21O2S2-. The zero-order chi connectivity index (χ0) is 16.7. The quantitative estimate of drug-likeness (QED) is 0.443. The summed E-state index contributed by atoms with van der Waals surface area (Å²) in [5.41, 5.74) is 4.39. The van der Waals surface area contributed by atoms with Crippen molar-refractivity contribution in [2.45, 2.75) is 31.9 Å². The van der Waals surface area contributed by atoms with Crippen LogP contribution in [-0.2, 0) is 4.79 Å². The van der Waals surface area contributed by atoms with Crippen molar-refractivity contribution in [1.82, 2.24) is 0 Å². The van der Waals surface area contributed by atoms with Gasteiger partial charge in [-0.1, -0.05) is 36.0 Å². The molecule has 1 aromatic heterocycles. The van der Waals surface area contributed by atoms with Crippen LogP contribution in [0.3, 0.4) is 0 Å². The summed E-state index contributed by atoms with van der Waals surface area (Å²) in [4.78, 5) is 11.7. The van der Waals surface area contributed by atoms with Gasteiger partial charge in [-0.3, -0.25) is 0 Å². The number of thioether (sulfide) groups is 1. The Morgan fingerprint density at radius 2 is 1.86 bits per heavy atom. The summed E-state index contributed by atoms with van der Waals surface area (Å²) in [6, 6.07) is 0. The zero-order valence-corrected chi connectivity index (χ0v) is 15.2. The van der Waals surface area contributed by atoms with E-state index in [-0.39, 0.29) is 0 Å². The van der Waals surface area contributed by atoms with Gasteiger partial charge >= 0.3 is 0 Å². The van der Waals surface area contributed by atoms with E-state index < -0.39 is 5.97 Å². The fourth-order valence-electron chi connectivity index (χ4n) is 1.94. The molecule has 0 aromatic carbocycles. The predicted molar refractivity (Wildman–Crippen MR) is 96.3 cm³/mol. The number of carbonyl (C=O) groups is 1. The summed E-state index contributed by atoms with van der Waals surface area (Å²) in [5, 5.41) is 10.4. The van der Waals surface area contributed by atoms with E-state index >= 15 is 0 Å². The molecule has 118 valence electrons. The molecule has 1 heterocycles. The van der Waals surface area contributed by atoms with Gasteiger partial charge in [-0.05, 0) is 56.7 Å². The molecule has 0 spiro atoms. The monoisotopic (exact) mass is 333 g/mol. The Labute approximate surface area is 141 Å². The normalized spacial score (nSPS) is 13.5. The van der Waals surface area contributed by atoms with Crippen LogP contribution in [0, 0.1) is 13.8 Å². The summed E-state index contributed by atoms with van der Waals surface area (Å²) < 4.78 is 1.36. The highest BCUT2D eigenvalue weighted by molar-refractivity contribution is 8.00. The van der Waals surface area contributed by atoms with Gasteiger partial charge < -0.3 is 9.90 Å². The third-order valence-corrected chi connectivity index (χ3v) is 5.54. The maximum Gasteiger partial charge on any atom is 0.0645 e. The Kier molecular flexibility index (Phi) is 7.42. The number of hydrogen-bond acceptors (Lipinski definition) is 4. The molecule has 0 saturated heterocycles. The second-order valence-electron chi connectivity index (χ2n) is 5.00. The molecule has 0 radical (unpaired) electrons. The summed E-state index contributed by atoms with van der Waals surface area (Å²) >= 11 is 3.62. The molecule has 0 aliphatic rings. The van der Waals surface area contributed by atoms with Gasteiger partial charge in [0.25, 0.3) is 0 Å². The largest absolute Gasteiger partial charge is 0.545 e. The van der Waals surface area contributed by atoms with E-state index in [9.17, 15) is 9.90 Å². The highest BCUT2D eigenvalue weighted by Crippen LogP contribution is 2.34. The molecule has 0 saturated carbocycles. The number of allylic oxidation sites excluding steroid dienone is 6. The standard InChI is InChI=1S/C18H22O2S2/c1-12(7-6-8-13(2)11-17(19)20)9-10-16-14(3)18(21-5)22-15(16)4/h6-11H,1-5H3,(H,19,20)/p-1/b8-6+,10-9+,12-7+,13-11+. The SMILES string of the molecule is CSc1sc(C)c(/C=C/C(C)=C/C=C/C(C)=C/C(=O)[O-])c1C. The van der Waals surface area contributed by atoms with Crippen molar-refractivity contribution in [3.05, 3.63) is 57.5 Å². The highest BCUT2D eigenvalue weighted by Gasteiger charge is 2.08. The fourth-order valence-corrected chi connectivity index (χ4v) is 3.93. The average Bonchev–Trinajstić information content (AvgIpc) is 2.70. The van der Waals surface area contributed by atoms with Crippen molar-refractivity contribution in [2.75, 3.05) is 6.26 Å². The first-order chi connectivity index (χ1) is 10.3. The number of carboxylic acids is 1. The van der Waals surface area contributed by atoms with Crippen LogP contribution in [0.25, 0.3) is 6.08 Å². The van der Waals surface area contributed by atoms with E-state index in [1.807, 2.05) is 30.4 Å². The van der Waals surface area contributed by atoms with Gasteiger partial charge in [-0.25, -0.2) is 0 Å². The molecule has 0 amide bonds. The molecule has 1 rings (SSSR count). The van der Waals surface area contributed by atoms with Crippen molar-refractivity contribution in [3.63, 3.8) is 0 Å². The van der Waals surface area contributed by atoms with Crippen LogP contribution in [0.2, 0.25) is 0 Å². The first-order valence-electron chi connectivity index (χ1n) is 6.91. The molecular weight excluding hydrogens is 312 g/mol. The lowest BCUT2D eigenvalue weighted by Crippen LogP contribution is -2.19. The first kappa shape index (κ1) is 18.5. The third-order valence-electron chi connectivity index (χ3n) is 3.10. The van der Waals surface area contributed by atoms with Crippen LogP contribution in [0.15, 0.2) is 45.7 Å². The van der Waals surface area contributed by atoms with Gasteiger partial charge in [0, 0.05) is 4.88 Å².